The van der Waals surface area contributed by atoms with Crippen LogP contribution < -0.4 is 0 Å². The van der Waals surface area contributed by atoms with Gasteiger partial charge in [-0.2, -0.15) is 4.91 Å². The number of nitroso groups, excluding NO2 is 1. The summed E-state index contributed by atoms with van der Waals surface area (Å²) < 4.78 is 0. The monoisotopic (exact) mass is 319 g/mol. The van der Waals surface area contributed by atoms with Crippen molar-refractivity contribution < 1.29 is 34.7 Å². The summed E-state index contributed by atoms with van der Waals surface area (Å²) in [5.41, 5.74) is 4.50. The average molecular weight is 318 g/mol. The van der Waals surface area contributed by atoms with Crippen molar-refractivity contribution in [1.82, 2.24) is 0 Å². The minimum atomic E-state index is -1.75. The molecule has 0 aromatic carbocycles. The van der Waals surface area contributed by atoms with E-state index in [-0.39, 0.29) is 19.5 Å². The number of hydrogen-bond donors (Lipinski definition) is 1. The van der Waals surface area contributed by atoms with E-state index >= 15 is 0 Å². The molecule has 15 heavy (non-hydrogen) atoms. The fourth-order valence-electron chi connectivity index (χ4n) is 0. The van der Waals surface area contributed by atoms with E-state index in [4.69, 9.17) is 50.9 Å². The summed E-state index contributed by atoms with van der Waals surface area (Å²) in [5.74, 6) is 0. The summed E-state index contributed by atoms with van der Waals surface area (Å²) in [4.78, 5) is 32.2. The van der Waals surface area contributed by atoms with Gasteiger partial charge in [0.15, 0.2) is 0 Å². The van der Waals surface area contributed by atoms with E-state index in [0.29, 0.717) is 0 Å². The van der Waals surface area contributed by atoms with E-state index < -0.39 is 15.3 Å². The van der Waals surface area contributed by atoms with Gasteiger partial charge in [-0.15, -0.1) is 0 Å². The van der Waals surface area contributed by atoms with Gasteiger partial charge < -0.3 is 46.0 Å². The minimum Gasteiger partial charge on any atom is -0.356 e. The summed E-state index contributed by atoms with van der Waals surface area (Å²) in [6.45, 7) is 0. The van der Waals surface area contributed by atoms with Crippen molar-refractivity contribution in [2.24, 2.45) is 0 Å². The molecule has 0 unspecified atom stereocenters. The van der Waals surface area contributed by atoms with Crippen LogP contribution in [0, 0.1) is 56.5 Å². The van der Waals surface area contributed by atoms with Crippen molar-refractivity contribution in [2.45, 2.75) is 0 Å². The van der Waals surface area contributed by atoms with Gasteiger partial charge in [0.25, 0.3) is 0 Å². The molecule has 0 spiro atoms. The molecule has 0 aromatic rings. The van der Waals surface area contributed by atoms with Crippen molar-refractivity contribution >= 4 is 0 Å². The van der Waals surface area contributed by atoms with Gasteiger partial charge in [0.05, 0.1) is 15.3 Å². The quantitative estimate of drug-likeness (QED) is 0.262. The molecular weight excluding hydrogens is 317 g/mol. The van der Waals surface area contributed by atoms with Crippen LogP contribution in [-0.2, 0) is 19.5 Å². The summed E-state index contributed by atoms with van der Waals surface area (Å²) >= 11 is 0. The van der Waals surface area contributed by atoms with Crippen molar-refractivity contribution in [3.63, 3.8) is 0 Å². The molecule has 15 heteroatoms. The Morgan fingerprint density at radius 1 is 0.600 bits per heavy atom. The van der Waals surface area contributed by atoms with E-state index in [9.17, 15) is 0 Å². The largest absolute Gasteiger partial charge is 3.00 e. The first-order valence-electron chi connectivity index (χ1n) is 1.85. The van der Waals surface area contributed by atoms with Gasteiger partial charge in [-0.3, -0.25) is 0 Å². The number of nitrogens with one attached hydrogen (secondary N) is 1. The topological polar surface area (TPSA) is 240 Å². The Hall–Kier alpha value is -2.18. The van der Waals surface area contributed by atoms with Crippen LogP contribution in [0.25, 0.3) is 0 Å². The Balaban J connectivity index is -0.0000000298. The molecule has 0 fully saturated rings. The molecular formula is HN4O10Ru. The third kappa shape index (κ3) is 241. The number of hydrogen-bond acceptors (Lipinski definition) is 11. The summed E-state index contributed by atoms with van der Waals surface area (Å²) in [5, 5.41) is 44.2. The predicted octanol–water partition coefficient (Wildman–Crippen LogP) is -0.388. The van der Waals surface area contributed by atoms with Gasteiger partial charge >= 0.3 is 19.5 Å². The van der Waals surface area contributed by atoms with Crippen LogP contribution >= 0.6 is 0 Å². The van der Waals surface area contributed by atoms with Gasteiger partial charge in [-0.1, -0.05) is 5.59 Å². The molecule has 0 rings (SSSR count). The van der Waals surface area contributed by atoms with E-state index in [0.717, 1.165) is 0 Å². The van der Waals surface area contributed by atoms with Crippen LogP contribution in [0.5, 0.6) is 0 Å². The summed E-state index contributed by atoms with van der Waals surface area (Å²) in [7, 11) is 0. The Morgan fingerprint density at radius 2 is 0.600 bits per heavy atom. The van der Waals surface area contributed by atoms with E-state index in [1.807, 2.05) is 0 Å². The molecule has 0 aliphatic rings. The molecule has 89 valence electrons. The van der Waals surface area contributed by atoms with E-state index in [1.54, 1.807) is 0 Å². The van der Waals surface area contributed by atoms with E-state index in [1.165, 1.54) is 0 Å². The molecule has 1 N–H and O–H groups in total. The van der Waals surface area contributed by atoms with E-state index in [2.05, 4.69) is 5.59 Å². The molecule has 14 nitrogen and oxygen atoms in total. The maximum absolute atomic E-state index is 8.25. The first kappa shape index (κ1) is 29.3. The van der Waals surface area contributed by atoms with Crippen LogP contribution in [0.15, 0.2) is 0 Å². The molecule has 0 atom stereocenters. The Kier molecular flexibility index (Phi) is 58.1. The fourth-order valence-corrected chi connectivity index (χ4v) is 0. The normalized spacial score (nSPS) is 5.07. The van der Waals surface area contributed by atoms with Gasteiger partial charge in [0, 0.05) is 0 Å². The molecule has 0 aliphatic carbocycles. The summed E-state index contributed by atoms with van der Waals surface area (Å²) in [6.07, 6.45) is 0. The van der Waals surface area contributed by atoms with Gasteiger partial charge in [0.2, 0.25) is 0 Å². The smallest absolute Gasteiger partial charge is 0.356 e. The second kappa shape index (κ2) is 29.7. The van der Waals surface area contributed by atoms with Crippen LogP contribution in [0.3, 0.4) is 0 Å². The SMILES string of the molecule is N=O.O=[N+]([O-])[O-].O=[N+]([O-])[O-].O=[N+]([O-])[O-].[Ru+3]. The second-order valence-electron chi connectivity index (χ2n) is 0.671. The Bertz CT molecular complexity index is 126. The van der Waals surface area contributed by atoms with Gasteiger partial charge in [-0.05, 0) is 0 Å². The molecule has 0 heterocycles. The second-order valence-corrected chi connectivity index (χ2v) is 0.671. The first-order valence-corrected chi connectivity index (χ1v) is 1.85. The van der Waals surface area contributed by atoms with Crippen LogP contribution in [0.1, 0.15) is 0 Å². The van der Waals surface area contributed by atoms with Crippen molar-refractivity contribution in [3.8, 4) is 0 Å². The number of nitrogens with zero attached hydrogens (tertiary/aromatic N) is 3. The average Bonchev–Trinajstić information content (AvgIpc) is 1.86. The Labute approximate surface area is 92.0 Å². The zero-order valence-electron chi connectivity index (χ0n) is 6.28. The molecule has 0 aromatic heterocycles. The summed E-state index contributed by atoms with van der Waals surface area (Å²) in [6, 6.07) is 0. The molecule has 0 saturated heterocycles. The zero-order chi connectivity index (χ0) is 12.7. The molecule has 0 amide bonds. The third-order valence-electron chi connectivity index (χ3n) is 0. The number of rotatable bonds is 0. The molecule has 0 saturated carbocycles. The van der Waals surface area contributed by atoms with Crippen molar-refractivity contribution in [1.29, 1.82) is 5.59 Å². The van der Waals surface area contributed by atoms with Gasteiger partial charge in [0.1, 0.15) is 0 Å². The minimum absolute atomic E-state index is 0. The standard InChI is InChI=1S/3NO3.HNO.Ru/c3*2-1(3)4;1-2;/h;;;1H;/q3*-1;;+3. The van der Waals surface area contributed by atoms with Crippen LogP contribution in [0.2, 0.25) is 0 Å². The third-order valence-corrected chi connectivity index (χ3v) is 0. The molecule has 0 bridgehead atoms. The first-order chi connectivity index (χ1) is 6.20. The van der Waals surface area contributed by atoms with Gasteiger partial charge in [-0.25, -0.2) is 0 Å². The van der Waals surface area contributed by atoms with Crippen molar-refractivity contribution in [2.75, 3.05) is 0 Å². The molecule has 0 aliphatic heterocycles. The Morgan fingerprint density at radius 3 is 0.600 bits per heavy atom. The van der Waals surface area contributed by atoms with Crippen LogP contribution in [0.4, 0.5) is 0 Å². The maximum Gasteiger partial charge on any atom is 3.00 e. The molecule has 1 radical (unpaired) electrons. The van der Waals surface area contributed by atoms with Crippen LogP contribution in [-0.4, -0.2) is 15.3 Å². The van der Waals surface area contributed by atoms with Crippen molar-refractivity contribution in [3.05, 3.63) is 50.9 Å². The fraction of sp³-hybridized carbons (Fsp3) is 0. The maximum atomic E-state index is 8.25. The predicted molar refractivity (Wildman–Crippen MR) is 37.2 cm³/mol. The zero-order valence-corrected chi connectivity index (χ0v) is 8.02.